The van der Waals surface area contributed by atoms with Crippen LogP contribution in [0.5, 0.6) is 0 Å². The van der Waals surface area contributed by atoms with Gasteiger partial charge < -0.3 is 5.73 Å². The van der Waals surface area contributed by atoms with Crippen molar-refractivity contribution in [2.24, 2.45) is 5.73 Å². The molecule has 0 radical (unpaired) electrons. The summed E-state index contributed by atoms with van der Waals surface area (Å²) in [6, 6.07) is 7.11. The molecule has 0 aliphatic heterocycles. The van der Waals surface area contributed by atoms with E-state index in [2.05, 4.69) is 18.6 Å². The van der Waals surface area contributed by atoms with E-state index in [0.29, 0.717) is 17.4 Å². The Morgan fingerprint density at radius 1 is 1.19 bits per heavy atom. The van der Waals surface area contributed by atoms with Crippen LogP contribution in [0.25, 0.3) is 0 Å². The summed E-state index contributed by atoms with van der Waals surface area (Å²) in [7, 11) is -3.49. The fourth-order valence-electron chi connectivity index (χ4n) is 2.78. The van der Waals surface area contributed by atoms with Crippen LogP contribution in [0.4, 0.5) is 0 Å². The van der Waals surface area contributed by atoms with Crippen LogP contribution in [0.3, 0.4) is 0 Å². The molecule has 0 aromatic heterocycles. The van der Waals surface area contributed by atoms with Crippen LogP contribution in [0.15, 0.2) is 29.2 Å². The Morgan fingerprint density at radius 3 is 2.14 bits per heavy atom. The summed E-state index contributed by atoms with van der Waals surface area (Å²) in [6.45, 7) is 4.53. The number of benzene rings is 1. The van der Waals surface area contributed by atoms with Crippen molar-refractivity contribution < 1.29 is 8.42 Å². The minimum Gasteiger partial charge on any atom is -0.329 e. The molecule has 0 saturated heterocycles. The van der Waals surface area contributed by atoms with Gasteiger partial charge in [-0.25, -0.2) is 13.1 Å². The van der Waals surface area contributed by atoms with Gasteiger partial charge in [-0.1, -0.05) is 38.8 Å². The van der Waals surface area contributed by atoms with Crippen molar-refractivity contribution in [2.75, 3.05) is 6.54 Å². The number of nitrogens with one attached hydrogen (secondary N) is 1. The lowest BCUT2D eigenvalue weighted by Gasteiger charge is -2.28. The van der Waals surface area contributed by atoms with Crippen molar-refractivity contribution in [2.45, 2.75) is 55.9 Å². The van der Waals surface area contributed by atoms with Crippen LogP contribution >= 0.6 is 12.4 Å². The zero-order chi connectivity index (χ0) is 14.8. The molecule has 0 bridgehead atoms. The topological polar surface area (TPSA) is 72.2 Å². The molecule has 0 unspecified atom stereocenters. The second-order valence-electron chi connectivity index (χ2n) is 6.02. The highest BCUT2D eigenvalue weighted by Crippen LogP contribution is 2.30. The molecule has 0 heterocycles. The molecule has 0 atom stereocenters. The molecule has 3 N–H and O–H groups in total. The average Bonchev–Trinajstić information content (AvgIpc) is 2.87. The van der Waals surface area contributed by atoms with Gasteiger partial charge in [0.1, 0.15) is 0 Å². The molecule has 1 aromatic carbocycles. The zero-order valence-corrected chi connectivity index (χ0v) is 14.3. The SMILES string of the molecule is CC(C)c1ccc(S(=O)(=O)NC2(CN)CCCC2)cc1.Cl. The summed E-state index contributed by atoms with van der Waals surface area (Å²) in [5.41, 5.74) is 6.48. The Kier molecular flexibility index (Phi) is 6.23. The maximum Gasteiger partial charge on any atom is 0.241 e. The fourth-order valence-corrected chi connectivity index (χ4v) is 4.25. The molecule has 0 amide bonds. The molecule has 2 rings (SSSR count). The maximum atomic E-state index is 12.5. The number of sulfonamides is 1. The Bertz CT molecular complexity index is 550. The lowest BCUT2D eigenvalue weighted by atomic mass is 10.0. The highest BCUT2D eigenvalue weighted by molar-refractivity contribution is 7.89. The van der Waals surface area contributed by atoms with Gasteiger partial charge >= 0.3 is 0 Å². The van der Waals surface area contributed by atoms with E-state index in [4.69, 9.17) is 5.73 Å². The number of hydrogen-bond donors (Lipinski definition) is 2. The molecule has 1 aliphatic carbocycles. The van der Waals surface area contributed by atoms with Gasteiger partial charge in [-0.15, -0.1) is 12.4 Å². The van der Waals surface area contributed by atoms with Crippen LogP contribution in [-0.4, -0.2) is 20.5 Å². The lowest BCUT2D eigenvalue weighted by molar-refractivity contribution is 0.399. The van der Waals surface area contributed by atoms with Gasteiger partial charge in [0.05, 0.1) is 4.90 Å². The van der Waals surface area contributed by atoms with Crippen LogP contribution in [0.2, 0.25) is 0 Å². The van der Waals surface area contributed by atoms with Gasteiger partial charge in [0.25, 0.3) is 0 Å². The van der Waals surface area contributed by atoms with Crippen LogP contribution in [0.1, 0.15) is 51.0 Å². The zero-order valence-electron chi connectivity index (χ0n) is 12.6. The first-order valence-corrected chi connectivity index (χ1v) is 8.71. The van der Waals surface area contributed by atoms with E-state index < -0.39 is 15.6 Å². The largest absolute Gasteiger partial charge is 0.329 e. The van der Waals surface area contributed by atoms with Crippen molar-refractivity contribution in [3.8, 4) is 0 Å². The lowest BCUT2D eigenvalue weighted by Crippen LogP contribution is -2.51. The van der Waals surface area contributed by atoms with E-state index in [1.165, 1.54) is 0 Å². The van der Waals surface area contributed by atoms with Gasteiger partial charge in [-0.2, -0.15) is 0 Å². The maximum absolute atomic E-state index is 12.5. The van der Waals surface area contributed by atoms with Gasteiger partial charge in [0.2, 0.25) is 10.0 Å². The number of hydrogen-bond acceptors (Lipinski definition) is 3. The molecule has 1 fully saturated rings. The molecule has 1 aromatic rings. The smallest absolute Gasteiger partial charge is 0.241 e. The summed E-state index contributed by atoms with van der Waals surface area (Å²) >= 11 is 0. The van der Waals surface area contributed by atoms with E-state index in [1.54, 1.807) is 12.1 Å². The predicted octanol–water partition coefficient (Wildman–Crippen LogP) is 2.78. The molecule has 4 nitrogen and oxygen atoms in total. The fraction of sp³-hybridized carbons (Fsp3) is 0.600. The minimum absolute atomic E-state index is 0. The molecule has 0 spiro atoms. The van der Waals surface area contributed by atoms with E-state index in [-0.39, 0.29) is 12.4 Å². The van der Waals surface area contributed by atoms with Crippen molar-refractivity contribution in [1.82, 2.24) is 4.72 Å². The molecule has 1 saturated carbocycles. The van der Waals surface area contributed by atoms with Crippen molar-refractivity contribution in [1.29, 1.82) is 0 Å². The third-order valence-corrected chi connectivity index (χ3v) is 5.75. The molecule has 1 aliphatic rings. The summed E-state index contributed by atoms with van der Waals surface area (Å²) in [5, 5.41) is 0. The highest BCUT2D eigenvalue weighted by Gasteiger charge is 2.36. The quantitative estimate of drug-likeness (QED) is 0.870. The van der Waals surface area contributed by atoms with E-state index in [9.17, 15) is 8.42 Å². The predicted molar refractivity (Wildman–Crippen MR) is 88.4 cm³/mol. The van der Waals surface area contributed by atoms with Crippen LogP contribution in [0, 0.1) is 0 Å². The Labute approximate surface area is 134 Å². The van der Waals surface area contributed by atoms with E-state index >= 15 is 0 Å². The van der Waals surface area contributed by atoms with Gasteiger partial charge in [-0.05, 0) is 36.5 Å². The molecular formula is C15H25ClN2O2S. The van der Waals surface area contributed by atoms with Crippen molar-refractivity contribution in [3.05, 3.63) is 29.8 Å². The van der Waals surface area contributed by atoms with Gasteiger partial charge in [0.15, 0.2) is 0 Å². The standard InChI is InChI=1S/C15H24N2O2S.ClH/c1-12(2)13-5-7-14(8-6-13)20(18,19)17-15(11-16)9-3-4-10-15;/h5-8,12,17H,3-4,9-11,16H2,1-2H3;1H. The monoisotopic (exact) mass is 332 g/mol. The Morgan fingerprint density at radius 2 is 1.71 bits per heavy atom. The summed E-state index contributed by atoms with van der Waals surface area (Å²) in [6.07, 6.45) is 3.72. The van der Waals surface area contributed by atoms with Crippen molar-refractivity contribution >= 4 is 22.4 Å². The normalized spacial score (nSPS) is 17.7. The molecule has 6 heteroatoms. The second kappa shape index (κ2) is 7.09. The first-order valence-electron chi connectivity index (χ1n) is 7.23. The van der Waals surface area contributed by atoms with Crippen LogP contribution in [-0.2, 0) is 10.0 Å². The van der Waals surface area contributed by atoms with Gasteiger partial charge in [-0.3, -0.25) is 0 Å². The number of halogens is 1. The third-order valence-electron chi connectivity index (χ3n) is 4.16. The summed E-state index contributed by atoms with van der Waals surface area (Å²) < 4.78 is 27.8. The van der Waals surface area contributed by atoms with E-state index in [1.807, 2.05) is 12.1 Å². The number of nitrogens with two attached hydrogens (primary N) is 1. The third kappa shape index (κ3) is 4.19. The molecule has 120 valence electrons. The first kappa shape index (κ1) is 18.4. The highest BCUT2D eigenvalue weighted by atomic mass is 35.5. The number of rotatable bonds is 5. The summed E-state index contributed by atoms with van der Waals surface area (Å²) in [5.74, 6) is 0.393. The minimum atomic E-state index is -3.49. The van der Waals surface area contributed by atoms with Gasteiger partial charge in [0, 0.05) is 12.1 Å². The molecule has 21 heavy (non-hydrogen) atoms. The Hall–Kier alpha value is -0.620. The second-order valence-corrected chi connectivity index (χ2v) is 7.70. The Balaban J connectivity index is 0.00000220. The van der Waals surface area contributed by atoms with E-state index in [0.717, 1.165) is 31.2 Å². The first-order chi connectivity index (χ1) is 9.38. The summed E-state index contributed by atoms with van der Waals surface area (Å²) in [4.78, 5) is 0.321. The van der Waals surface area contributed by atoms with Crippen LogP contribution < -0.4 is 10.5 Å². The van der Waals surface area contributed by atoms with Crippen molar-refractivity contribution in [3.63, 3.8) is 0 Å². The molecular weight excluding hydrogens is 308 g/mol. The average molecular weight is 333 g/mol.